The van der Waals surface area contributed by atoms with Crippen molar-refractivity contribution in [3.05, 3.63) is 33.8 Å². The highest BCUT2D eigenvalue weighted by Crippen LogP contribution is 2.31. The number of aromatic nitrogens is 1. The number of carbonyl (C=O) groups excluding carboxylic acids is 2. The maximum Gasteiger partial charge on any atom is 0.308 e. The van der Waals surface area contributed by atoms with Crippen LogP contribution < -0.4 is 0 Å². The molecule has 1 aromatic heterocycles. The summed E-state index contributed by atoms with van der Waals surface area (Å²) in [5.74, 6) is -0.0619. The number of cyclic esters (lactones) is 1. The monoisotopic (exact) mass is 507 g/mol. The van der Waals surface area contributed by atoms with Crippen molar-refractivity contribution < 1.29 is 19.4 Å². The fourth-order valence-corrected chi connectivity index (χ4v) is 4.62. The van der Waals surface area contributed by atoms with Crippen molar-refractivity contribution >= 4 is 29.2 Å². The normalized spacial score (nSPS) is 25.9. The number of ketones is 1. The predicted molar refractivity (Wildman–Crippen MR) is 148 cm³/mol. The molecule has 2 rings (SSSR count). The Morgan fingerprint density at radius 2 is 1.86 bits per heavy atom. The van der Waals surface area contributed by atoms with Gasteiger partial charge in [-0.25, -0.2) is 4.98 Å². The average molecular weight is 508 g/mol. The second-order valence-corrected chi connectivity index (χ2v) is 10.9. The van der Waals surface area contributed by atoms with Crippen molar-refractivity contribution in [3.63, 3.8) is 0 Å². The van der Waals surface area contributed by atoms with Gasteiger partial charge in [0.25, 0.3) is 0 Å². The molecule has 0 aromatic carbocycles. The van der Waals surface area contributed by atoms with Crippen molar-refractivity contribution in [3.8, 4) is 0 Å². The Labute approximate surface area is 218 Å². The fourth-order valence-electron chi connectivity index (χ4n) is 4.04. The van der Waals surface area contributed by atoms with Gasteiger partial charge < -0.3 is 9.84 Å². The van der Waals surface area contributed by atoms with Crippen LogP contribution in [0.3, 0.4) is 0 Å². The van der Waals surface area contributed by atoms with E-state index in [4.69, 9.17) is 4.74 Å². The molecular formula is C29H49NO4S. The molecule has 3 atom stereocenters. The number of esters is 1. The van der Waals surface area contributed by atoms with E-state index < -0.39 is 17.5 Å². The van der Waals surface area contributed by atoms with Gasteiger partial charge in [-0.3, -0.25) is 9.59 Å². The Kier molecular flexibility index (Phi) is 16.7. The highest BCUT2D eigenvalue weighted by atomic mass is 32.1. The molecule has 1 aliphatic rings. The van der Waals surface area contributed by atoms with Crippen LogP contribution in [-0.2, 0) is 14.3 Å². The first kappa shape index (κ1) is 33.2. The summed E-state index contributed by atoms with van der Waals surface area (Å²) in [5, 5.41) is 13.6. The van der Waals surface area contributed by atoms with Crippen LogP contribution in [-0.4, -0.2) is 34.6 Å². The van der Waals surface area contributed by atoms with Gasteiger partial charge in [-0.2, -0.15) is 0 Å². The van der Waals surface area contributed by atoms with Crippen molar-refractivity contribution in [2.45, 2.75) is 107 Å². The highest BCUT2D eigenvalue weighted by Gasteiger charge is 2.39. The molecule has 1 aliphatic heterocycles. The molecule has 200 valence electrons. The summed E-state index contributed by atoms with van der Waals surface area (Å²) in [7, 11) is 0. The van der Waals surface area contributed by atoms with Crippen LogP contribution in [0, 0.1) is 24.2 Å². The number of aliphatic hydroxyl groups excluding tert-OH is 1. The smallest absolute Gasteiger partial charge is 0.308 e. The van der Waals surface area contributed by atoms with E-state index in [1.165, 1.54) is 5.57 Å². The number of aliphatic hydroxyl groups is 1. The first-order valence-electron chi connectivity index (χ1n) is 13.1. The molecule has 0 spiro atoms. The lowest BCUT2D eigenvalue weighted by molar-refractivity contribution is -0.150. The lowest BCUT2D eigenvalue weighted by Crippen LogP contribution is -2.42. The van der Waals surface area contributed by atoms with Crippen molar-refractivity contribution in [2.24, 2.45) is 17.3 Å². The van der Waals surface area contributed by atoms with E-state index in [0.29, 0.717) is 18.9 Å². The van der Waals surface area contributed by atoms with E-state index in [1.54, 1.807) is 25.2 Å². The van der Waals surface area contributed by atoms with Crippen molar-refractivity contribution in [2.75, 3.05) is 6.61 Å². The van der Waals surface area contributed by atoms with Crippen LogP contribution in [0.2, 0.25) is 0 Å². The summed E-state index contributed by atoms with van der Waals surface area (Å²) >= 11 is 1.68. The number of hydrogen-bond donors (Lipinski definition) is 1. The number of carbonyl (C=O) groups is 2. The molecule has 0 amide bonds. The van der Waals surface area contributed by atoms with Crippen LogP contribution in [0.1, 0.15) is 105 Å². The highest BCUT2D eigenvalue weighted by molar-refractivity contribution is 7.09. The van der Waals surface area contributed by atoms with Gasteiger partial charge >= 0.3 is 5.97 Å². The number of aryl methyl sites for hydroxylation is 1. The molecule has 0 fully saturated rings. The number of thiazole rings is 1. The van der Waals surface area contributed by atoms with E-state index in [2.05, 4.69) is 30.3 Å². The topological polar surface area (TPSA) is 76.5 Å². The van der Waals surface area contributed by atoms with Crippen LogP contribution in [0.4, 0.5) is 0 Å². The number of Topliss-reactive ketones (excluding diaryl/α,β-unsaturated/α-hetero) is 1. The third-order valence-corrected chi connectivity index (χ3v) is 6.94. The first-order chi connectivity index (χ1) is 16.5. The van der Waals surface area contributed by atoms with Gasteiger partial charge in [0.1, 0.15) is 5.78 Å². The van der Waals surface area contributed by atoms with E-state index in [1.807, 2.05) is 46.8 Å². The SMILES string of the molecule is C/C1=C/CCOC(=O)CC(O)C(C)(C)C(=O)C(C)CC(C)CCC1.C/C=C\c1csc(C)n1.CC. The minimum atomic E-state index is -1.01. The second-order valence-electron chi connectivity index (χ2n) is 9.79. The first-order valence-corrected chi connectivity index (χ1v) is 13.9. The molecule has 1 N–H and O–H groups in total. The summed E-state index contributed by atoms with van der Waals surface area (Å²) < 4.78 is 5.18. The lowest BCUT2D eigenvalue weighted by atomic mass is 9.74. The lowest BCUT2D eigenvalue weighted by Gasteiger charge is -2.32. The van der Waals surface area contributed by atoms with E-state index >= 15 is 0 Å². The van der Waals surface area contributed by atoms with Crippen LogP contribution >= 0.6 is 11.3 Å². The van der Waals surface area contributed by atoms with Gasteiger partial charge in [0.15, 0.2) is 0 Å². The summed E-state index contributed by atoms with van der Waals surface area (Å²) in [5.41, 5.74) is 1.45. The number of nitrogens with zero attached hydrogens (tertiary/aromatic N) is 1. The summed E-state index contributed by atoms with van der Waals surface area (Å²) in [4.78, 5) is 28.9. The van der Waals surface area contributed by atoms with Gasteiger partial charge in [0, 0.05) is 11.3 Å². The molecule has 0 saturated heterocycles. The zero-order valence-corrected chi connectivity index (χ0v) is 24.3. The predicted octanol–water partition coefficient (Wildman–Crippen LogP) is 7.57. The Hall–Kier alpha value is -1.79. The molecule has 1 aromatic rings. The number of hydrogen-bond acceptors (Lipinski definition) is 6. The molecule has 2 heterocycles. The zero-order chi connectivity index (χ0) is 27.0. The average Bonchev–Trinajstić information content (AvgIpc) is 3.22. The van der Waals surface area contributed by atoms with Gasteiger partial charge in [-0.05, 0) is 58.4 Å². The molecule has 3 unspecified atom stereocenters. The van der Waals surface area contributed by atoms with E-state index in [9.17, 15) is 14.7 Å². The van der Waals surface area contributed by atoms with E-state index in [0.717, 1.165) is 36.4 Å². The van der Waals surface area contributed by atoms with Gasteiger partial charge in [0.2, 0.25) is 0 Å². The van der Waals surface area contributed by atoms with Crippen molar-refractivity contribution in [1.29, 1.82) is 0 Å². The standard InChI is InChI=1S/C20H34O4.C7H9NS.C2H6/c1-14-8-6-9-15(2)12-16(3)19(23)20(4,5)17(21)13-18(22)24-11-7-10-14;1-3-4-7-5-9-6(2)8-7;1-2/h10,15-17,21H,6-9,11-13H2,1-5H3;3-5H,1-2H3;1-2H3/b14-10-;4-3-;. The number of ether oxygens (including phenoxy) is 1. The molecule has 0 bridgehead atoms. The Morgan fingerprint density at radius 3 is 2.43 bits per heavy atom. The summed E-state index contributed by atoms with van der Waals surface area (Å²) in [6.45, 7) is 18.0. The van der Waals surface area contributed by atoms with Gasteiger partial charge in [0.05, 0.1) is 35.2 Å². The summed E-state index contributed by atoms with van der Waals surface area (Å²) in [6, 6.07) is 0. The quantitative estimate of drug-likeness (QED) is 0.313. The van der Waals surface area contributed by atoms with Crippen LogP contribution in [0.25, 0.3) is 6.08 Å². The fraction of sp³-hybridized carbons (Fsp3) is 0.690. The third-order valence-electron chi connectivity index (χ3n) is 6.15. The Morgan fingerprint density at radius 1 is 1.20 bits per heavy atom. The zero-order valence-electron chi connectivity index (χ0n) is 23.5. The van der Waals surface area contributed by atoms with Gasteiger partial charge in [-0.1, -0.05) is 65.7 Å². The molecule has 6 heteroatoms. The third kappa shape index (κ3) is 13.2. The minimum Gasteiger partial charge on any atom is -0.465 e. The van der Waals surface area contributed by atoms with E-state index in [-0.39, 0.29) is 18.1 Å². The minimum absolute atomic E-state index is 0.0258. The maximum atomic E-state index is 12.8. The summed E-state index contributed by atoms with van der Waals surface area (Å²) in [6.07, 6.45) is 9.74. The second kappa shape index (κ2) is 17.6. The molecule has 35 heavy (non-hydrogen) atoms. The molecule has 0 saturated carbocycles. The largest absolute Gasteiger partial charge is 0.465 e. The van der Waals surface area contributed by atoms with Crippen molar-refractivity contribution in [1.82, 2.24) is 4.98 Å². The molecule has 0 aliphatic carbocycles. The number of allylic oxidation sites excluding steroid dienone is 2. The Bertz CT molecular complexity index is 809. The number of rotatable bonds is 1. The molecule has 0 radical (unpaired) electrons. The molecule has 5 nitrogen and oxygen atoms in total. The molecular weight excluding hydrogens is 458 g/mol. The van der Waals surface area contributed by atoms with Crippen LogP contribution in [0.15, 0.2) is 23.1 Å². The Balaban J connectivity index is 0.000000870. The maximum absolute atomic E-state index is 12.8. The van der Waals surface area contributed by atoms with Gasteiger partial charge in [-0.15, -0.1) is 11.3 Å². The van der Waals surface area contributed by atoms with Crippen LogP contribution in [0.5, 0.6) is 0 Å².